The number of rotatable bonds is 5. The number of nitrogens with one attached hydrogen (secondary N) is 2. The Labute approximate surface area is 206 Å². The van der Waals surface area contributed by atoms with E-state index in [1.54, 1.807) is 6.20 Å². The SMILES string of the molecule is CC1CCCN(c2cc(N3CCc4ccccc4C3)nc(NC(=S)NCc3cccnc3)n2)C1. The molecule has 5 rings (SSSR count). The van der Waals surface area contributed by atoms with Crippen LogP contribution in [0.3, 0.4) is 0 Å². The molecule has 176 valence electrons. The number of fused-ring (bicyclic) bond motifs is 1. The molecule has 2 aliphatic heterocycles. The van der Waals surface area contributed by atoms with E-state index in [0.717, 1.165) is 49.8 Å². The number of hydrogen-bond donors (Lipinski definition) is 2. The summed E-state index contributed by atoms with van der Waals surface area (Å²) in [6.45, 7) is 6.74. The minimum Gasteiger partial charge on any atom is -0.358 e. The lowest BCUT2D eigenvalue weighted by Crippen LogP contribution is -2.36. The highest BCUT2D eigenvalue weighted by atomic mass is 32.1. The van der Waals surface area contributed by atoms with E-state index in [0.29, 0.717) is 23.5 Å². The van der Waals surface area contributed by atoms with E-state index in [-0.39, 0.29) is 0 Å². The van der Waals surface area contributed by atoms with Crippen LogP contribution in [0.5, 0.6) is 0 Å². The van der Waals surface area contributed by atoms with Crippen molar-refractivity contribution in [1.82, 2.24) is 20.3 Å². The summed E-state index contributed by atoms with van der Waals surface area (Å²) in [5.41, 5.74) is 3.86. The van der Waals surface area contributed by atoms with Crippen molar-refractivity contribution in [3.05, 3.63) is 71.5 Å². The van der Waals surface area contributed by atoms with Crippen LogP contribution >= 0.6 is 12.2 Å². The maximum absolute atomic E-state index is 5.56. The van der Waals surface area contributed by atoms with Crippen molar-refractivity contribution in [2.75, 3.05) is 34.8 Å². The number of anilines is 3. The molecular weight excluding hydrogens is 442 g/mol. The van der Waals surface area contributed by atoms with Crippen LogP contribution in [0.25, 0.3) is 0 Å². The molecule has 7 nitrogen and oxygen atoms in total. The molecule has 1 unspecified atom stereocenters. The Balaban J connectivity index is 1.37. The zero-order chi connectivity index (χ0) is 23.3. The zero-order valence-corrected chi connectivity index (χ0v) is 20.4. The van der Waals surface area contributed by atoms with Crippen molar-refractivity contribution < 1.29 is 0 Å². The third kappa shape index (κ3) is 5.44. The van der Waals surface area contributed by atoms with E-state index >= 15 is 0 Å². The highest BCUT2D eigenvalue weighted by molar-refractivity contribution is 7.80. The summed E-state index contributed by atoms with van der Waals surface area (Å²) in [7, 11) is 0. The van der Waals surface area contributed by atoms with Crippen LogP contribution in [-0.4, -0.2) is 39.7 Å². The van der Waals surface area contributed by atoms with Gasteiger partial charge in [0.2, 0.25) is 5.95 Å². The third-order valence-electron chi connectivity index (χ3n) is 6.54. The van der Waals surface area contributed by atoms with E-state index in [1.807, 2.05) is 18.3 Å². The molecule has 0 aliphatic carbocycles. The predicted octanol–water partition coefficient (Wildman–Crippen LogP) is 4.16. The average Bonchev–Trinajstić information content (AvgIpc) is 2.87. The average molecular weight is 474 g/mol. The van der Waals surface area contributed by atoms with Crippen LogP contribution in [0, 0.1) is 5.92 Å². The maximum Gasteiger partial charge on any atom is 0.232 e. The Hall–Kier alpha value is -3.26. The van der Waals surface area contributed by atoms with Crippen molar-refractivity contribution in [2.45, 2.75) is 39.3 Å². The van der Waals surface area contributed by atoms with Gasteiger partial charge in [-0.05, 0) is 60.2 Å². The fourth-order valence-corrected chi connectivity index (χ4v) is 4.88. The predicted molar refractivity (Wildman–Crippen MR) is 141 cm³/mol. The second kappa shape index (κ2) is 10.3. The maximum atomic E-state index is 5.56. The third-order valence-corrected chi connectivity index (χ3v) is 6.78. The van der Waals surface area contributed by atoms with Crippen molar-refractivity contribution >= 4 is 34.9 Å². The lowest BCUT2D eigenvalue weighted by molar-refractivity contribution is 0.444. The number of thiocarbonyl (C=S) groups is 1. The summed E-state index contributed by atoms with van der Waals surface area (Å²) in [4.78, 5) is 18.6. The molecule has 2 N–H and O–H groups in total. The molecule has 8 heteroatoms. The lowest BCUT2D eigenvalue weighted by atomic mass is 10.00. The van der Waals surface area contributed by atoms with Gasteiger partial charge in [0.15, 0.2) is 5.11 Å². The number of pyridine rings is 1. The van der Waals surface area contributed by atoms with Gasteiger partial charge in [-0.1, -0.05) is 37.3 Å². The van der Waals surface area contributed by atoms with Crippen molar-refractivity contribution in [3.8, 4) is 0 Å². The molecule has 0 spiro atoms. The largest absolute Gasteiger partial charge is 0.358 e. The number of piperidine rings is 1. The zero-order valence-electron chi connectivity index (χ0n) is 19.6. The Bertz CT molecular complexity index is 1140. The first-order chi connectivity index (χ1) is 16.6. The minimum absolute atomic E-state index is 0.503. The Morgan fingerprint density at radius 3 is 2.68 bits per heavy atom. The molecular formula is C26H31N7S. The van der Waals surface area contributed by atoms with Crippen LogP contribution in [-0.2, 0) is 19.5 Å². The topological polar surface area (TPSA) is 69.2 Å². The highest BCUT2D eigenvalue weighted by Crippen LogP contribution is 2.29. The number of aromatic nitrogens is 3. The van der Waals surface area contributed by atoms with Gasteiger partial charge >= 0.3 is 0 Å². The summed E-state index contributed by atoms with van der Waals surface area (Å²) in [5, 5.41) is 6.97. The quantitative estimate of drug-likeness (QED) is 0.536. The van der Waals surface area contributed by atoms with E-state index in [9.17, 15) is 0 Å². The summed E-state index contributed by atoms with van der Waals surface area (Å²) >= 11 is 5.56. The summed E-state index contributed by atoms with van der Waals surface area (Å²) in [6.07, 6.45) is 7.07. The van der Waals surface area contributed by atoms with Gasteiger partial charge in [-0.15, -0.1) is 0 Å². The molecule has 1 saturated heterocycles. The molecule has 1 atom stereocenters. The smallest absolute Gasteiger partial charge is 0.232 e. The molecule has 1 aromatic carbocycles. The minimum atomic E-state index is 0.503. The van der Waals surface area contributed by atoms with Crippen LogP contribution < -0.4 is 20.4 Å². The van der Waals surface area contributed by atoms with Crippen LogP contribution in [0.1, 0.15) is 36.5 Å². The lowest BCUT2D eigenvalue weighted by Gasteiger charge is -2.34. The van der Waals surface area contributed by atoms with Crippen molar-refractivity contribution in [2.24, 2.45) is 5.92 Å². The molecule has 3 aromatic rings. The first-order valence-electron chi connectivity index (χ1n) is 12.0. The number of hydrogen-bond acceptors (Lipinski definition) is 6. The molecule has 0 saturated carbocycles. The fraction of sp³-hybridized carbons (Fsp3) is 0.385. The first kappa shape index (κ1) is 22.5. The van der Waals surface area contributed by atoms with Crippen molar-refractivity contribution in [1.29, 1.82) is 0 Å². The van der Waals surface area contributed by atoms with Gasteiger partial charge in [-0.25, -0.2) is 0 Å². The highest BCUT2D eigenvalue weighted by Gasteiger charge is 2.23. The Morgan fingerprint density at radius 2 is 1.88 bits per heavy atom. The van der Waals surface area contributed by atoms with Gasteiger partial charge in [0.05, 0.1) is 0 Å². The summed E-state index contributed by atoms with van der Waals surface area (Å²) in [5.74, 6) is 3.10. The molecule has 0 bridgehead atoms. The molecule has 1 fully saturated rings. The van der Waals surface area contributed by atoms with Crippen LogP contribution in [0.4, 0.5) is 17.6 Å². The van der Waals surface area contributed by atoms with E-state index in [2.05, 4.69) is 62.7 Å². The molecule has 0 amide bonds. The second-order valence-electron chi connectivity index (χ2n) is 9.21. The standard InChI is InChI=1S/C26H31N7S/c1-19-6-5-12-32(17-19)23-14-24(33-13-10-21-8-2-3-9-22(21)18-33)30-25(29-23)31-26(34)28-16-20-7-4-11-27-15-20/h2-4,7-9,11,14-15,19H,5-6,10,12-13,16-18H2,1H3,(H2,28,29,30,31,34). The molecule has 2 aromatic heterocycles. The number of nitrogens with zero attached hydrogens (tertiary/aromatic N) is 5. The van der Waals surface area contributed by atoms with Crippen LogP contribution in [0.15, 0.2) is 54.9 Å². The monoisotopic (exact) mass is 473 g/mol. The van der Waals surface area contributed by atoms with Gasteiger partial charge < -0.3 is 20.4 Å². The van der Waals surface area contributed by atoms with E-state index < -0.39 is 0 Å². The van der Waals surface area contributed by atoms with Gasteiger partial charge in [-0.3, -0.25) is 4.98 Å². The van der Waals surface area contributed by atoms with E-state index in [1.165, 1.54) is 24.0 Å². The Morgan fingerprint density at radius 1 is 1.06 bits per heavy atom. The normalized spacial score (nSPS) is 17.7. The number of benzene rings is 1. The fourth-order valence-electron chi connectivity index (χ4n) is 4.72. The molecule has 0 radical (unpaired) electrons. The Kier molecular flexibility index (Phi) is 6.85. The van der Waals surface area contributed by atoms with Gasteiger partial charge in [0.1, 0.15) is 11.6 Å². The summed E-state index contributed by atoms with van der Waals surface area (Å²) < 4.78 is 0. The van der Waals surface area contributed by atoms with Gasteiger partial charge in [-0.2, -0.15) is 9.97 Å². The molecule has 2 aliphatic rings. The van der Waals surface area contributed by atoms with E-state index in [4.69, 9.17) is 22.2 Å². The summed E-state index contributed by atoms with van der Waals surface area (Å²) in [6, 6.07) is 14.8. The molecule has 4 heterocycles. The second-order valence-corrected chi connectivity index (χ2v) is 9.62. The van der Waals surface area contributed by atoms with Crippen molar-refractivity contribution in [3.63, 3.8) is 0 Å². The van der Waals surface area contributed by atoms with Gasteiger partial charge in [0.25, 0.3) is 0 Å². The first-order valence-corrected chi connectivity index (χ1v) is 12.4. The van der Waals surface area contributed by atoms with Crippen LogP contribution in [0.2, 0.25) is 0 Å². The molecule has 34 heavy (non-hydrogen) atoms. The van der Waals surface area contributed by atoms with Gasteiger partial charge in [0, 0.05) is 51.2 Å².